The Morgan fingerprint density at radius 3 is 2.55 bits per heavy atom. The van der Waals surface area contributed by atoms with E-state index in [0.717, 1.165) is 31.2 Å². The molecule has 2 aliphatic rings. The number of nitrogens with zero attached hydrogens (tertiary/aromatic N) is 3. The van der Waals surface area contributed by atoms with Crippen molar-refractivity contribution in [2.24, 2.45) is 0 Å². The molecule has 1 saturated carbocycles. The van der Waals surface area contributed by atoms with Gasteiger partial charge in [0.05, 0.1) is 39.9 Å². The molecule has 1 aromatic carbocycles. The Hall–Kier alpha value is -2.74. The molecule has 1 N–H and O–H groups in total. The Morgan fingerprint density at radius 1 is 1.13 bits per heavy atom. The Labute approximate surface area is 181 Å². The number of hydrogen-bond acceptors (Lipinski definition) is 5. The predicted octanol–water partition coefficient (Wildman–Crippen LogP) is 3.44. The predicted molar refractivity (Wildman–Crippen MR) is 120 cm³/mol. The summed E-state index contributed by atoms with van der Waals surface area (Å²) in [6.45, 7) is 1.86. The van der Waals surface area contributed by atoms with Gasteiger partial charge in [-0.2, -0.15) is 5.10 Å². The van der Waals surface area contributed by atoms with Crippen LogP contribution in [0.25, 0.3) is 22.3 Å². The van der Waals surface area contributed by atoms with Crippen LogP contribution < -0.4 is 5.32 Å². The maximum absolute atomic E-state index is 13.3. The van der Waals surface area contributed by atoms with Gasteiger partial charge in [0.1, 0.15) is 0 Å². The second kappa shape index (κ2) is 7.75. The fourth-order valence-electron chi connectivity index (χ4n) is 4.81. The number of pyridine rings is 1. The first-order chi connectivity index (χ1) is 14.9. The molecule has 1 aliphatic heterocycles. The van der Waals surface area contributed by atoms with Gasteiger partial charge in [-0.15, -0.1) is 0 Å². The first kappa shape index (κ1) is 20.2. The quantitative estimate of drug-likeness (QED) is 0.673. The lowest BCUT2D eigenvalue weighted by atomic mass is 10.0. The highest BCUT2D eigenvalue weighted by atomic mass is 32.2. The minimum atomic E-state index is -3.08. The Kier molecular flexibility index (Phi) is 5.04. The van der Waals surface area contributed by atoms with Crippen LogP contribution in [-0.2, 0) is 9.84 Å². The first-order valence-electron chi connectivity index (χ1n) is 10.9. The van der Waals surface area contributed by atoms with Gasteiger partial charge in [0, 0.05) is 11.6 Å². The average Bonchev–Trinajstić information content (AvgIpc) is 3.47. The van der Waals surface area contributed by atoms with E-state index in [0.29, 0.717) is 34.4 Å². The summed E-state index contributed by atoms with van der Waals surface area (Å²) in [7, 11) is -3.08. The summed E-state index contributed by atoms with van der Waals surface area (Å²) in [5.41, 5.74) is 3.43. The molecule has 2 aromatic heterocycles. The van der Waals surface area contributed by atoms with Gasteiger partial charge in [0.15, 0.2) is 15.5 Å². The lowest BCUT2D eigenvalue weighted by Crippen LogP contribution is -2.32. The van der Waals surface area contributed by atoms with Crippen molar-refractivity contribution in [3.05, 3.63) is 47.7 Å². The van der Waals surface area contributed by atoms with Crippen LogP contribution in [0.5, 0.6) is 0 Å². The minimum absolute atomic E-state index is 0.0596. The summed E-state index contributed by atoms with van der Waals surface area (Å²) in [5.74, 6) is 0.105. The van der Waals surface area contributed by atoms with E-state index in [1.54, 1.807) is 4.68 Å². The number of carbonyl (C=O) groups excluding carboxylic acids is 1. The van der Waals surface area contributed by atoms with Crippen molar-refractivity contribution in [1.82, 2.24) is 20.1 Å². The van der Waals surface area contributed by atoms with Crippen molar-refractivity contribution >= 4 is 26.8 Å². The van der Waals surface area contributed by atoms with Gasteiger partial charge >= 0.3 is 0 Å². The number of sulfone groups is 1. The van der Waals surface area contributed by atoms with Crippen LogP contribution in [0.1, 0.15) is 54.2 Å². The number of aromatic nitrogens is 3. The van der Waals surface area contributed by atoms with Crippen LogP contribution in [0.15, 0.2) is 36.4 Å². The molecular weight excluding hydrogens is 412 g/mol. The van der Waals surface area contributed by atoms with Crippen LogP contribution in [0.4, 0.5) is 0 Å². The van der Waals surface area contributed by atoms with Gasteiger partial charge in [0.25, 0.3) is 5.91 Å². The Bertz CT molecular complexity index is 1240. The molecule has 7 nitrogen and oxygen atoms in total. The van der Waals surface area contributed by atoms with Crippen LogP contribution >= 0.6 is 0 Å². The maximum atomic E-state index is 13.3. The minimum Gasteiger partial charge on any atom is -0.349 e. The molecule has 0 radical (unpaired) electrons. The van der Waals surface area contributed by atoms with Crippen molar-refractivity contribution < 1.29 is 13.2 Å². The van der Waals surface area contributed by atoms with Gasteiger partial charge in [-0.05, 0) is 32.3 Å². The number of aryl methyl sites for hydroxylation is 1. The van der Waals surface area contributed by atoms with E-state index in [1.807, 2.05) is 43.3 Å². The van der Waals surface area contributed by atoms with Crippen molar-refractivity contribution in [3.8, 4) is 11.3 Å². The molecule has 3 aromatic rings. The number of amides is 1. The van der Waals surface area contributed by atoms with E-state index in [1.165, 1.54) is 0 Å². The van der Waals surface area contributed by atoms with Crippen molar-refractivity contribution in [2.45, 2.75) is 51.1 Å². The van der Waals surface area contributed by atoms with Gasteiger partial charge in [-0.3, -0.25) is 4.79 Å². The van der Waals surface area contributed by atoms with E-state index in [4.69, 9.17) is 4.98 Å². The SMILES string of the molecule is Cc1nn([C@@H]2CCS(=O)(=O)C2)c2nc(-c3ccccc3)cc(C(=O)NC3CCCC3)c12. The second-order valence-electron chi connectivity index (χ2n) is 8.66. The van der Waals surface area contributed by atoms with Gasteiger partial charge in [-0.25, -0.2) is 18.1 Å². The topological polar surface area (TPSA) is 93.9 Å². The zero-order valence-electron chi connectivity index (χ0n) is 17.5. The molecular formula is C23H26N4O3S. The van der Waals surface area contributed by atoms with E-state index in [-0.39, 0.29) is 29.5 Å². The van der Waals surface area contributed by atoms with Gasteiger partial charge in [0.2, 0.25) is 0 Å². The molecule has 31 heavy (non-hydrogen) atoms. The van der Waals surface area contributed by atoms with E-state index >= 15 is 0 Å². The molecule has 1 amide bonds. The monoisotopic (exact) mass is 438 g/mol. The van der Waals surface area contributed by atoms with Gasteiger partial charge < -0.3 is 5.32 Å². The van der Waals surface area contributed by atoms with Crippen molar-refractivity contribution in [3.63, 3.8) is 0 Å². The third-order valence-corrected chi connectivity index (χ3v) is 8.15. The van der Waals surface area contributed by atoms with Crippen LogP contribution in [-0.4, -0.2) is 46.6 Å². The fourth-order valence-corrected chi connectivity index (χ4v) is 6.50. The maximum Gasteiger partial charge on any atom is 0.252 e. The molecule has 1 aliphatic carbocycles. The molecule has 0 unspecified atom stereocenters. The lowest BCUT2D eigenvalue weighted by Gasteiger charge is -2.15. The Balaban J connectivity index is 1.66. The number of hydrogen-bond donors (Lipinski definition) is 1. The smallest absolute Gasteiger partial charge is 0.252 e. The fraction of sp³-hybridized carbons (Fsp3) is 0.435. The number of benzene rings is 1. The van der Waals surface area contributed by atoms with Crippen molar-refractivity contribution in [1.29, 1.82) is 0 Å². The summed E-state index contributed by atoms with van der Waals surface area (Å²) < 4.78 is 25.9. The number of rotatable bonds is 4. The zero-order chi connectivity index (χ0) is 21.6. The summed E-state index contributed by atoms with van der Waals surface area (Å²) in [6.07, 6.45) is 4.80. The third-order valence-electron chi connectivity index (χ3n) is 6.40. The van der Waals surface area contributed by atoms with Crippen LogP contribution in [0.3, 0.4) is 0 Å². The normalized spacial score (nSPS) is 21.0. The van der Waals surface area contributed by atoms with Gasteiger partial charge in [-0.1, -0.05) is 43.2 Å². The van der Waals surface area contributed by atoms with Crippen molar-refractivity contribution in [2.75, 3.05) is 11.5 Å². The van der Waals surface area contributed by atoms with E-state index < -0.39 is 9.84 Å². The number of nitrogens with one attached hydrogen (secondary N) is 1. The largest absolute Gasteiger partial charge is 0.349 e. The number of carbonyl (C=O) groups is 1. The van der Waals surface area contributed by atoms with Crippen LogP contribution in [0.2, 0.25) is 0 Å². The highest BCUT2D eigenvalue weighted by molar-refractivity contribution is 7.91. The second-order valence-corrected chi connectivity index (χ2v) is 10.9. The zero-order valence-corrected chi connectivity index (χ0v) is 18.4. The first-order valence-corrected chi connectivity index (χ1v) is 12.7. The molecule has 1 saturated heterocycles. The molecule has 0 bridgehead atoms. The molecule has 8 heteroatoms. The average molecular weight is 439 g/mol. The summed E-state index contributed by atoms with van der Waals surface area (Å²) >= 11 is 0. The highest BCUT2D eigenvalue weighted by Crippen LogP contribution is 2.32. The standard InChI is InChI=1S/C23H26N4O3S/c1-15-21-19(23(28)24-17-9-5-6-10-17)13-20(16-7-3-2-4-8-16)25-22(21)27(26-15)18-11-12-31(29,30)14-18/h2-4,7-8,13,17-18H,5-6,9-12,14H2,1H3,(H,24,28)/t18-/m1/s1. The molecule has 3 heterocycles. The molecule has 2 fully saturated rings. The van der Waals surface area contributed by atoms with E-state index in [2.05, 4.69) is 10.4 Å². The molecule has 1 atom stereocenters. The summed E-state index contributed by atoms with van der Waals surface area (Å²) in [4.78, 5) is 18.2. The summed E-state index contributed by atoms with van der Waals surface area (Å²) in [5, 5.41) is 8.55. The lowest BCUT2D eigenvalue weighted by molar-refractivity contribution is 0.0939. The Morgan fingerprint density at radius 2 is 1.87 bits per heavy atom. The molecule has 5 rings (SSSR count). The third kappa shape index (κ3) is 3.84. The van der Waals surface area contributed by atoms with Crippen LogP contribution in [0, 0.1) is 6.92 Å². The number of fused-ring (bicyclic) bond motifs is 1. The highest BCUT2D eigenvalue weighted by Gasteiger charge is 2.32. The summed E-state index contributed by atoms with van der Waals surface area (Å²) in [6, 6.07) is 11.5. The van der Waals surface area contributed by atoms with E-state index in [9.17, 15) is 13.2 Å². The molecule has 162 valence electrons. The molecule has 0 spiro atoms.